The van der Waals surface area contributed by atoms with Crippen LogP contribution in [0.5, 0.6) is 0 Å². The van der Waals surface area contributed by atoms with Crippen LogP contribution >= 0.6 is 27.3 Å². The van der Waals surface area contributed by atoms with E-state index in [0.29, 0.717) is 5.41 Å². The van der Waals surface area contributed by atoms with Gasteiger partial charge in [0.2, 0.25) is 0 Å². The summed E-state index contributed by atoms with van der Waals surface area (Å²) in [6, 6.07) is 1.91. The third-order valence-electron chi connectivity index (χ3n) is 3.06. The summed E-state index contributed by atoms with van der Waals surface area (Å²) in [6.07, 6.45) is 3.77. The molecule has 1 heterocycles. The van der Waals surface area contributed by atoms with Crippen LogP contribution in [0.2, 0.25) is 0 Å². The van der Waals surface area contributed by atoms with E-state index in [1.165, 1.54) is 30.6 Å². The zero-order chi connectivity index (χ0) is 10.9. The van der Waals surface area contributed by atoms with Crippen LogP contribution in [0.25, 0.3) is 0 Å². The average Bonchev–Trinajstić information content (AvgIpc) is 2.58. The molecule has 2 nitrogen and oxygen atoms in total. The average molecular weight is 288 g/mol. The van der Waals surface area contributed by atoms with Gasteiger partial charge in [0.05, 0.1) is 0 Å². The molecule has 0 spiro atoms. The molecule has 1 fully saturated rings. The smallest absolute Gasteiger partial charge is 0.262 e. The van der Waals surface area contributed by atoms with Gasteiger partial charge in [-0.05, 0) is 45.6 Å². The minimum atomic E-state index is 0.0463. The third kappa shape index (κ3) is 2.42. The molecule has 0 bridgehead atoms. The van der Waals surface area contributed by atoms with Crippen LogP contribution in [0.15, 0.2) is 15.9 Å². The highest BCUT2D eigenvalue weighted by atomic mass is 79.9. The van der Waals surface area contributed by atoms with Gasteiger partial charge in [0.25, 0.3) is 5.91 Å². The lowest BCUT2D eigenvalue weighted by Gasteiger charge is -2.38. The monoisotopic (exact) mass is 287 g/mol. The Bertz CT molecular complexity index is 370. The van der Waals surface area contributed by atoms with E-state index in [2.05, 4.69) is 28.2 Å². The fraction of sp³-hybridized carbons (Fsp3) is 0.545. The molecule has 1 aliphatic carbocycles. The molecule has 0 unspecified atom stereocenters. The lowest BCUT2D eigenvalue weighted by molar-refractivity contribution is 0.0894. The molecule has 1 aliphatic rings. The topological polar surface area (TPSA) is 29.1 Å². The molecule has 82 valence electrons. The van der Waals surface area contributed by atoms with Gasteiger partial charge in [0.15, 0.2) is 0 Å². The molecule has 0 atom stereocenters. The van der Waals surface area contributed by atoms with Crippen molar-refractivity contribution >= 4 is 33.2 Å². The van der Waals surface area contributed by atoms with Gasteiger partial charge in [-0.3, -0.25) is 4.79 Å². The maximum Gasteiger partial charge on any atom is 0.262 e. The number of amides is 1. The van der Waals surface area contributed by atoms with Gasteiger partial charge in [0, 0.05) is 11.0 Å². The van der Waals surface area contributed by atoms with E-state index in [9.17, 15) is 4.79 Å². The lowest BCUT2D eigenvalue weighted by atomic mass is 9.70. The van der Waals surface area contributed by atoms with Gasteiger partial charge >= 0.3 is 0 Å². The second-order valence-electron chi connectivity index (χ2n) is 4.44. The number of halogens is 1. The maximum absolute atomic E-state index is 11.8. The maximum atomic E-state index is 11.8. The number of carbonyl (C=O) groups excluding carboxylic acids is 1. The standard InChI is InChI=1S/C11H14BrNOS/c1-11(4-2-5-11)7-13-10(14)9-8(12)3-6-15-9/h3,6H,2,4-5,7H2,1H3,(H,13,14). The van der Waals surface area contributed by atoms with Crippen molar-refractivity contribution in [3.63, 3.8) is 0 Å². The van der Waals surface area contributed by atoms with Gasteiger partial charge in [0.1, 0.15) is 4.88 Å². The van der Waals surface area contributed by atoms with Gasteiger partial charge < -0.3 is 5.32 Å². The third-order valence-corrected chi connectivity index (χ3v) is 4.90. The Morgan fingerprint density at radius 1 is 1.67 bits per heavy atom. The molecule has 15 heavy (non-hydrogen) atoms. The first-order chi connectivity index (χ1) is 7.11. The van der Waals surface area contributed by atoms with Crippen molar-refractivity contribution in [3.8, 4) is 0 Å². The molecule has 2 rings (SSSR count). The van der Waals surface area contributed by atoms with Crippen molar-refractivity contribution in [2.24, 2.45) is 5.41 Å². The molecule has 4 heteroatoms. The van der Waals surface area contributed by atoms with Crippen LogP contribution in [0.3, 0.4) is 0 Å². The zero-order valence-corrected chi connectivity index (χ0v) is 11.1. The van der Waals surface area contributed by atoms with E-state index >= 15 is 0 Å². The molecule has 0 aromatic carbocycles. The van der Waals surface area contributed by atoms with Crippen LogP contribution in [-0.4, -0.2) is 12.5 Å². The Labute approximate surface area is 102 Å². The van der Waals surface area contributed by atoms with E-state index in [1.54, 1.807) is 0 Å². The van der Waals surface area contributed by atoms with E-state index in [0.717, 1.165) is 15.9 Å². The number of carbonyl (C=O) groups is 1. The quantitative estimate of drug-likeness (QED) is 0.907. The van der Waals surface area contributed by atoms with Crippen LogP contribution in [0.4, 0.5) is 0 Å². The van der Waals surface area contributed by atoms with Crippen molar-refractivity contribution < 1.29 is 4.79 Å². The number of rotatable bonds is 3. The summed E-state index contributed by atoms with van der Waals surface area (Å²) >= 11 is 4.84. The van der Waals surface area contributed by atoms with E-state index in [-0.39, 0.29) is 5.91 Å². The largest absolute Gasteiger partial charge is 0.351 e. The summed E-state index contributed by atoms with van der Waals surface area (Å²) in [5.41, 5.74) is 0.347. The summed E-state index contributed by atoms with van der Waals surface area (Å²) in [5.74, 6) is 0.0463. The summed E-state index contributed by atoms with van der Waals surface area (Å²) in [7, 11) is 0. The molecule has 1 amide bonds. The predicted octanol–water partition coefficient (Wildman–Crippen LogP) is 3.43. The minimum absolute atomic E-state index is 0.0463. The molecular formula is C11H14BrNOS. The van der Waals surface area contributed by atoms with Crippen molar-refractivity contribution in [1.82, 2.24) is 5.32 Å². The summed E-state index contributed by atoms with van der Waals surface area (Å²) < 4.78 is 0.892. The first-order valence-electron chi connectivity index (χ1n) is 5.12. The number of hydrogen-bond acceptors (Lipinski definition) is 2. The lowest BCUT2D eigenvalue weighted by Crippen LogP contribution is -2.39. The van der Waals surface area contributed by atoms with Crippen molar-refractivity contribution in [3.05, 3.63) is 20.8 Å². The predicted molar refractivity (Wildman–Crippen MR) is 66.3 cm³/mol. The SMILES string of the molecule is CC1(CNC(=O)c2sccc2Br)CCC1. The molecule has 1 N–H and O–H groups in total. The van der Waals surface area contributed by atoms with Gasteiger partial charge in [-0.15, -0.1) is 11.3 Å². The second kappa shape index (κ2) is 4.26. The minimum Gasteiger partial charge on any atom is -0.351 e. The van der Waals surface area contributed by atoms with Crippen molar-refractivity contribution in [1.29, 1.82) is 0 Å². The Hall–Kier alpha value is -0.350. The van der Waals surface area contributed by atoms with Crippen LogP contribution in [0.1, 0.15) is 35.9 Å². The normalized spacial score (nSPS) is 18.3. The van der Waals surface area contributed by atoms with Gasteiger partial charge in [-0.2, -0.15) is 0 Å². The Balaban J connectivity index is 1.90. The van der Waals surface area contributed by atoms with Crippen LogP contribution in [-0.2, 0) is 0 Å². The van der Waals surface area contributed by atoms with Crippen LogP contribution in [0, 0.1) is 5.41 Å². The van der Waals surface area contributed by atoms with Crippen molar-refractivity contribution in [2.45, 2.75) is 26.2 Å². The van der Waals surface area contributed by atoms with Crippen molar-refractivity contribution in [2.75, 3.05) is 6.54 Å². The Kier molecular flexibility index (Phi) is 3.16. The summed E-state index contributed by atoms with van der Waals surface area (Å²) in [4.78, 5) is 12.6. The molecule has 1 aromatic heterocycles. The zero-order valence-electron chi connectivity index (χ0n) is 8.68. The first kappa shape index (κ1) is 11.1. The van der Waals surface area contributed by atoms with Crippen LogP contribution < -0.4 is 5.32 Å². The number of nitrogens with one attached hydrogen (secondary N) is 1. The van der Waals surface area contributed by atoms with Gasteiger partial charge in [-0.1, -0.05) is 13.3 Å². The number of thiophene rings is 1. The highest BCUT2D eigenvalue weighted by Crippen LogP contribution is 2.39. The molecule has 0 aliphatic heterocycles. The Morgan fingerprint density at radius 3 is 2.87 bits per heavy atom. The highest BCUT2D eigenvalue weighted by molar-refractivity contribution is 9.10. The second-order valence-corrected chi connectivity index (χ2v) is 6.22. The van der Waals surface area contributed by atoms with E-state index in [1.807, 2.05) is 11.4 Å². The fourth-order valence-electron chi connectivity index (χ4n) is 1.79. The fourth-order valence-corrected chi connectivity index (χ4v) is 3.25. The van der Waals surface area contributed by atoms with Gasteiger partial charge in [-0.25, -0.2) is 0 Å². The Morgan fingerprint density at radius 2 is 2.40 bits per heavy atom. The molecule has 1 aromatic rings. The first-order valence-corrected chi connectivity index (χ1v) is 6.79. The molecular weight excluding hydrogens is 274 g/mol. The number of hydrogen-bond donors (Lipinski definition) is 1. The summed E-state index contributed by atoms with van der Waals surface area (Å²) in [5, 5.41) is 4.93. The molecule has 0 radical (unpaired) electrons. The molecule has 1 saturated carbocycles. The van der Waals surface area contributed by atoms with E-state index < -0.39 is 0 Å². The van der Waals surface area contributed by atoms with E-state index in [4.69, 9.17) is 0 Å². The highest BCUT2D eigenvalue weighted by Gasteiger charge is 2.32. The summed E-state index contributed by atoms with van der Waals surface area (Å²) in [6.45, 7) is 3.04. The molecule has 0 saturated heterocycles.